The lowest BCUT2D eigenvalue weighted by molar-refractivity contribution is -0.155. The van der Waals surface area contributed by atoms with Crippen molar-refractivity contribution in [2.75, 3.05) is 45.9 Å². The minimum Gasteiger partial charge on any atom is -0.464 e. The van der Waals surface area contributed by atoms with Gasteiger partial charge >= 0.3 is 11.9 Å². The van der Waals surface area contributed by atoms with E-state index in [1.165, 1.54) is 12.8 Å². The number of hydrogen-bond donors (Lipinski definition) is 6. The van der Waals surface area contributed by atoms with Crippen LogP contribution < -0.4 is 31.9 Å². The molecule has 0 heterocycles. The summed E-state index contributed by atoms with van der Waals surface area (Å²) in [5, 5.41) is 20.3. The van der Waals surface area contributed by atoms with Gasteiger partial charge in [-0.3, -0.25) is 72.7 Å². The first-order valence-corrected chi connectivity index (χ1v) is 52.6. The van der Waals surface area contributed by atoms with Gasteiger partial charge in [-0.15, -0.1) is 0 Å². The van der Waals surface area contributed by atoms with E-state index >= 15 is 0 Å². The van der Waals surface area contributed by atoms with Gasteiger partial charge < -0.3 is 36.1 Å². The van der Waals surface area contributed by atoms with Crippen molar-refractivity contribution in [2.24, 2.45) is 70.4 Å². The van der Waals surface area contributed by atoms with Crippen LogP contribution in [0.5, 0.6) is 0 Å². The molecule has 140 heavy (non-hydrogen) atoms. The molecular formula is C118H234N8O14. The molecule has 6 N–H and O–H groups in total. The van der Waals surface area contributed by atoms with Gasteiger partial charge in [0.2, 0.25) is 0 Å². The number of nitrogens with one attached hydrogen (secondary N) is 6. The number of hydrogen-bond acceptors (Lipinski definition) is 22. The van der Waals surface area contributed by atoms with E-state index in [-0.39, 0.29) is 154 Å². The first-order chi connectivity index (χ1) is 60.7. The van der Waals surface area contributed by atoms with Crippen molar-refractivity contribution in [3.63, 3.8) is 0 Å². The Balaban J connectivity index is -0.000000295. The number of carbonyl (C=O) groups is 12. The van der Waals surface area contributed by atoms with Crippen molar-refractivity contribution in [3.8, 4) is 0 Å². The summed E-state index contributed by atoms with van der Waals surface area (Å²) in [4.78, 5) is 151. The molecule has 0 saturated heterocycles. The lowest BCUT2D eigenvalue weighted by Gasteiger charge is -2.37. The van der Waals surface area contributed by atoms with Gasteiger partial charge in [-0.2, -0.15) is 0 Å². The summed E-state index contributed by atoms with van der Waals surface area (Å²) in [5.74, 6) is 1.10. The maximum absolute atomic E-state index is 12.6. The number of carbonyl (C=O) groups excluding carboxylic acids is 12. The summed E-state index contributed by atoms with van der Waals surface area (Å²) >= 11 is 0. The minimum absolute atomic E-state index is 0.0183. The first-order valence-electron chi connectivity index (χ1n) is 52.6. The van der Waals surface area contributed by atoms with Crippen molar-refractivity contribution >= 4 is 69.8 Å². The Labute approximate surface area is 864 Å². The van der Waals surface area contributed by atoms with Crippen LogP contribution in [0.4, 0.5) is 0 Å². The van der Waals surface area contributed by atoms with Crippen LogP contribution in [0.25, 0.3) is 0 Å². The molecule has 0 fully saturated rings. The van der Waals surface area contributed by atoms with Gasteiger partial charge in [-0.05, 0) is 252 Å². The summed E-state index contributed by atoms with van der Waals surface area (Å²) in [5.41, 5.74) is -5.28. The van der Waals surface area contributed by atoms with Crippen LogP contribution in [-0.2, 0) is 67.0 Å². The molecular weight excluding hydrogens is 1750 g/mol. The van der Waals surface area contributed by atoms with Crippen LogP contribution in [-0.4, -0.2) is 200 Å². The van der Waals surface area contributed by atoms with Gasteiger partial charge in [-0.1, -0.05) is 248 Å². The number of unbranched alkanes of at least 4 members (excludes halogenated alkanes) is 2. The SMILES string of the molecule is CC(C)(C)C(=O)CN(CC(=O)C(C)(C)C)C(C)(C)C.CC(C)(C)C(=O)OCCN(CCOC(=O)C(C)(C)C)C(C)(C)C.CC(C)(C)CCCCC(NC(C)(C)C)C(=O)C(C)(C)C.CC(C)(C)NC(C(=O)C(C)(C)C)C(=O)C(C)(C)C.CC(C)(C)NC(CC(=O)C(C)(C)C)C(=O)C(C)(C)C.CC(C)(C)NC(CCC(=O)C(C)(C)C)C(=O)C(C)(C)C.CC(C)(C)NCCCCC(NC(C)(C)C)C(=O)C(C)(C)C. The largest absolute Gasteiger partial charge is 0.464 e. The highest BCUT2D eigenvalue weighted by Crippen LogP contribution is 2.33. The van der Waals surface area contributed by atoms with Gasteiger partial charge in [0.05, 0.1) is 48.1 Å². The minimum atomic E-state index is -0.731. The standard InChI is InChI=1S/C18H38N2O.C18H35NO4.C18H37NO.C17H33NO2.2C16H31NO2.C15H29NO2/c1-16(2,3)15(21)14(20-18(7,8)9)12-10-11-13-19-17(4,5)6;1-16(2,3)14(20)22-12-10-19(18(7,8)9)11-13-23-15(21)17(4,5)6;1-16(2,3)13-11-10-12-14(19-18(7,8)9)15(20)17(4,5)6;1-15(2,3)13(19)11-10-12(18-17(7,8)9)14(20)16(4,5)6;1-14(2,3)12(18)10-17(16(7,8)9)11-13(19)15(4,5)6;1-14(2,3)12(18)10-11(17-16(7,8)9)13(19)15(4,5)6;1-13(2,3)11(17)10(16-15(7,8)9)12(18)14(4,5)6/h14,19-20H,10-13H2,1-9H3;10-13H2,1-9H3;14,19H,10-13H2,1-9H3;12,18H,10-11H2,1-9H3;10-11H2,1-9H3;11,17H,10H2,1-9H3;10,16H,1-9H3. The summed E-state index contributed by atoms with van der Waals surface area (Å²) < 4.78 is 10.7. The fourth-order valence-corrected chi connectivity index (χ4v) is 12.9. The summed E-state index contributed by atoms with van der Waals surface area (Å²) in [6.45, 7) is 129. The predicted octanol–water partition coefficient (Wildman–Crippen LogP) is 25.6. The zero-order valence-electron chi connectivity index (χ0n) is 104. The predicted molar refractivity (Wildman–Crippen MR) is 595 cm³/mol. The number of ether oxygens (including phenoxy) is 2. The Bertz CT molecular complexity index is 3650. The smallest absolute Gasteiger partial charge is 0.311 e. The molecule has 0 amide bonds. The van der Waals surface area contributed by atoms with Crippen LogP contribution in [0.2, 0.25) is 0 Å². The molecule has 0 radical (unpaired) electrons. The topological polar surface area (TPSA) is 302 Å². The van der Waals surface area contributed by atoms with Crippen molar-refractivity contribution in [2.45, 2.75) is 575 Å². The van der Waals surface area contributed by atoms with Crippen molar-refractivity contribution < 1.29 is 67.0 Å². The molecule has 0 aromatic carbocycles. The number of ketones is 10. The van der Waals surface area contributed by atoms with Gasteiger partial charge in [-0.25, -0.2) is 0 Å². The maximum Gasteiger partial charge on any atom is 0.311 e. The van der Waals surface area contributed by atoms with Crippen molar-refractivity contribution in [1.82, 2.24) is 41.7 Å². The molecule has 0 aromatic heterocycles. The molecule has 0 rings (SSSR count). The van der Waals surface area contributed by atoms with Crippen molar-refractivity contribution in [3.05, 3.63) is 0 Å². The maximum atomic E-state index is 12.6. The van der Waals surface area contributed by atoms with E-state index < -0.39 is 50.0 Å². The molecule has 22 nitrogen and oxygen atoms in total. The Morgan fingerprint density at radius 1 is 0.236 bits per heavy atom. The van der Waals surface area contributed by atoms with Crippen LogP contribution in [0.15, 0.2) is 0 Å². The van der Waals surface area contributed by atoms with Gasteiger partial charge in [0, 0.05) is 124 Å². The van der Waals surface area contributed by atoms with E-state index in [2.05, 4.69) is 141 Å². The third kappa shape index (κ3) is 76.8. The third-order valence-electron chi connectivity index (χ3n) is 21.9. The Morgan fingerprint density at radius 2 is 0.479 bits per heavy atom. The Morgan fingerprint density at radius 3 is 0.700 bits per heavy atom. The summed E-state index contributed by atoms with van der Waals surface area (Å²) in [6, 6.07) is -1.47. The summed E-state index contributed by atoms with van der Waals surface area (Å²) in [7, 11) is 0. The number of rotatable bonds is 35. The van der Waals surface area contributed by atoms with Crippen LogP contribution in [0.1, 0.15) is 500 Å². The fourth-order valence-electron chi connectivity index (χ4n) is 12.9. The second-order valence-corrected chi connectivity index (χ2v) is 61.2. The lowest BCUT2D eigenvalue weighted by Crippen LogP contribution is -2.57. The highest BCUT2D eigenvalue weighted by Gasteiger charge is 2.44. The normalized spacial score (nSPS) is 14.5. The molecule has 0 aromatic rings. The van der Waals surface area contributed by atoms with E-state index in [0.29, 0.717) is 69.2 Å². The highest BCUT2D eigenvalue weighted by atomic mass is 16.5. The highest BCUT2D eigenvalue weighted by molar-refractivity contribution is 6.10. The first kappa shape index (κ1) is 148. The van der Waals surface area contributed by atoms with Crippen LogP contribution in [0.3, 0.4) is 0 Å². The Kier molecular flexibility index (Phi) is 61.2. The molecule has 830 valence electrons. The third-order valence-corrected chi connectivity index (χ3v) is 21.9. The van der Waals surface area contributed by atoms with Gasteiger partial charge in [0.15, 0.2) is 46.3 Å². The summed E-state index contributed by atoms with van der Waals surface area (Å²) in [6.07, 6.45) is 8.85. The van der Waals surface area contributed by atoms with Crippen LogP contribution in [0, 0.1) is 70.4 Å². The van der Waals surface area contributed by atoms with E-state index in [9.17, 15) is 57.5 Å². The second kappa shape index (κ2) is 57.8. The molecule has 4 atom stereocenters. The molecule has 0 spiro atoms. The zero-order chi connectivity index (χ0) is 114. The molecule has 0 bridgehead atoms. The molecule has 0 aliphatic heterocycles. The number of esters is 2. The van der Waals surface area contributed by atoms with Gasteiger partial charge in [0.1, 0.15) is 30.8 Å². The van der Waals surface area contributed by atoms with E-state index in [1.807, 2.05) is 337 Å². The fraction of sp³-hybridized carbons (Fsp3) is 0.898. The number of nitrogens with zero attached hydrogens (tertiary/aromatic N) is 2. The van der Waals surface area contributed by atoms with Gasteiger partial charge in [0.25, 0.3) is 0 Å². The number of Topliss-reactive ketones (excluding diaryl/α,β-unsaturated/α-hetero) is 10. The average Bonchev–Trinajstić information content (AvgIpc) is 0.808. The average molecular weight is 1990 g/mol. The molecule has 4 unspecified atom stereocenters. The monoisotopic (exact) mass is 1990 g/mol. The lowest BCUT2D eigenvalue weighted by atomic mass is 9.77. The van der Waals surface area contributed by atoms with E-state index in [4.69, 9.17) is 9.47 Å². The van der Waals surface area contributed by atoms with E-state index in [1.54, 1.807) is 0 Å². The molecule has 0 aliphatic rings. The van der Waals surface area contributed by atoms with Crippen molar-refractivity contribution in [1.29, 1.82) is 0 Å². The molecule has 22 heteroatoms. The van der Waals surface area contributed by atoms with E-state index in [0.717, 1.165) is 38.6 Å². The van der Waals surface area contributed by atoms with Crippen LogP contribution >= 0.6 is 0 Å². The zero-order valence-corrected chi connectivity index (χ0v) is 104. The molecule has 0 saturated carbocycles. The Hall–Kier alpha value is -4.68. The quantitative estimate of drug-likeness (QED) is 0.0195. The molecule has 0 aliphatic carbocycles. The second-order valence-electron chi connectivity index (χ2n) is 61.2.